The van der Waals surface area contributed by atoms with Crippen LogP contribution in [0.25, 0.3) is 11.5 Å². The van der Waals surface area contributed by atoms with Crippen LogP contribution in [0.2, 0.25) is 5.02 Å². The average Bonchev–Trinajstić information content (AvgIpc) is 3.21. The lowest BCUT2D eigenvalue weighted by Crippen LogP contribution is -2.31. The third-order valence-corrected chi connectivity index (χ3v) is 4.65. The van der Waals surface area contributed by atoms with Crippen molar-refractivity contribution in [2.75, 3.05) is 20.8 Å². The maximum Gasteiger partial charge on any atom is 0.258 e. The molecule has 29 heavy (non-hydrogen) atoms. The minimum atomic E-state index is -0.191. The van der Waals surface area contributed by atoms with Crippen molar-refractivity contribution in [2.45, 2.75) is 19.9 Å². The van der Waals surface area contributed by atoms with E-state index in [-0.39, 0.29) is 12.5 Å². The maximum atomic E-state index is 13.1. The van der Waals surface area contributed by atoms with Gasteiger partial charge in [0.1, 0.15) is 11.5 Å². The van der Waals surface area contributed by atoms with Gasteiger partial charge in [-0.1, -0.05) is 30.7 Å². The lowest BCUT2D eigenvalue weighted by atomic mass is 10.1. The van der Waals surface area contributed by atoms with Gasteiger partial charge in [-0.3, -0.25) is 4.79 Å². The minimum absolute atomic E-state index is 0.180. The zero-order valence-electron chi connectivity index (χ0n) is 16.5. The molecule has 0 atom stereocenters. The summed E-state index contributed by atoms with van der Waals surface area (Å²) >= 11 is 6.20. The zero-order chi connectivity index (χ0) is 20.8. The molecule has 0 aliphatic rings. The summed E-state index contributed by atoms with van der Waals surface area (Å²) in [6, 6.07) is 12.3. The number of hydrogen-bond acceptors (Lipinski definition) is 6. The van der Waals surface area contributed by atoms with E-state index in [1.165, 1.54) is 7.11 Å². The molecule has 0 bridgehead atoms. The third kappa shape index (κ3) is 4.68. The second kappa shape index (κ2) is 9.43. The van der Waals surface area contributed by atoms with Crippen LogP contribution >= 0.6 is 11.6 Å². The van der Waals surface area contributed by atoms with Gasteiger partial charge >= 0.3 is 0 Å². The van der Waals surface area contributed by atoms with Gasteiger partial charge < -0.3 is 18.8 Å². The predicted molar refractivity (Wildman–Crippen MR) is 109 cm³/mol. The van der Waals surface area contributed by atoms with E-state index in [0.717, 1.165) is 6.42 Å². The number of ether oxygens (including phenoxy) is 2. The third-order valence-electron chi connectivity index (χ3n) is 4.32. The van der Waals surface area contributed by atoms with Gasteiger partial charge in [0.05, 0.1) is 36.9 Å². The van der Waals surface area contributed by atoms with Crippen molar-refractivity contribution in [3.63, 3.8) is 0 Å². The predicted octanol–water partition coefficient (Wildman–Crippen LogP) is 4.46. The van der Waals surface area contributed by atoms with Gasteiger partial charge in [-0.25, -0.2) is 0 Å². The molecule has 0 saturated carbocycles. The van der Waals surface area contributed by atoms with Crippen molar-refractivity contribution < 1.29 is 18.7 Å². The molecule has 0 radical (unpaired) electrons. The van der Waals surface area contributed by atoms with Crippen LogP contribution in [0.1, 0.15) is 29.6 Å². The first-order valence-electron chi connectivity index (χ1n) is 9.16. The molecule has 0 aliphatic carbocycles. The highest BCUT2D eigenvalue weighted by Gasteiger charge is 2.22. The van der Waals surface area contributed by atoms with Crippen molar-refractivity contribution in [1.82, 2.24) is 15.1 Å². The van der Waals surface area contributed by atoms with Crippen molar-refractivity contribution in [2.24, 2.45) is 0 Å². The number of benzene rings is 2. The Labute approximate surface area is 174 Å². The lowest BCUT2D eigenvalue weighted by molar-refractivity contribution is 0.0725. The number of rotatable bonds is 8. The molecule has 3 rings (SSSR count). The quantitative estimate of drug-likeness (QED) is 0.540. The highest BCUT2D eigenvalue weighted by Crippen LogP contribution is 2.28. The highest BCUT2D eigenvalue weighted by atomic mass is 35.5. The number of nitrogens with zero attached hydrogens (tertiary/aromatic N) is 3. The van der Waals surface area contributed by atoms with Gasteiger partial charge in [0.25, 0.3) is 5.91 Å². The Hall–Kier alpha value is -3.06. The molecular formula is C21H22ClN3O4. The van der Waals surface area contributed by atoms with Crippen LogP contribution in [-0.4, -0.2) is 41.8 Å². The van der Waals surface area contributed by atoms with Crippen LogP contribution in [0, 0.1) is 0 Å². The first-order chi connectivity index (χ1) is 14.1. The van der Waals surface area contributed by atoms with E-state index in [0.29, 0.717) is 46.0 Å². The number of amides is 1. The van der Waals surface area contributed by atoms with Gasteiger partial charge in [0.15, 0.2) is 0 Å². The van der Waals surface area contributed by atoms with Gasteiger partial charge in [-0.05, 0) is 30.7 Å². The number of halogens is 1. The normalized spacial score (nSPS) is 10.6. The van der Waals surface area contributed by atoms with E-state index in [4.69, 9.17) is 25.5 Å². The van der Waals surface area contributed by atoms with Crippen molar-refractivity contribution in [1.29, 1.82) is 0 Å². The number of aromatic nitrogens is 2. The monoisotopic (exact) mass is 415 g/mol. The molecule has 1 amide bonds. The highest BCUT2D eigenvalue weighted by molar-refractivity contribution is 6.33. The summed E-state index contributed by atoms with van der Waals surface area (Å²) in [6.45, 7) is 2.70. The topological polar surface area (TPSA) is 77.7 Å². The molecule has 0 aliphatic heterocycles. The van der Waals surface area contributed by atoms with Crippen LogP contribution in [-0.2, 0) is 6.54 Å². The Morgan fingerprint density at radius 3 is 2.62 bits per heavy atom. The molecule has 152 valence electrons. The lowest BCUT2D eigenvalue weighted by Gasteiger charge is -2.21. The number of methoxy groups -OCH3 is 2. The second-order valence-corrected chi connectivity index (χ2v) is 6.68. The molecule has 0 fully saturated rings. The number of hydrogen-bond donors (Lipinski definition) is 0. The van der Waals surface area contributed by atoms with Crippen LogP contribution < -0.4 is 9.47 Å². The van der Waals surface area contributed by atoms with E-state index in [2.05, 4.69) is 10.2 Å². The van der Waals surface area contributed by atoms with Gasteiger partial charge in [-0.2, -0.15) is 0 Å². The SMILES string of the molecule is CCCN(Cc1nnc(-c2ccccc2Cl)o1)C(=O)c1ccc(OC)cc1OC. The summed E-state index contributed by atoms with van der Waals surface area (Å²) < 4.78 is 16.3. The zero-order valence-corrected chi connectivity index (χ0v) is 17.3. The Morgan fingerprint density at radius 1 is 1.14 bits per heavy atom. The molecule has 0 N–H and O–H groups in total. The first-order valence-corrected chi connectivity index (χ1v) is 9.53. The Balaban J connectivity index is 1.84. The van der Waals surface area contributed by atoms with E-state index < -0.39 is 0 Å². The average molecular weight is 416 g/mol. The fourth-order valence-electron chi connectivity index (χ4n) is 2.89. The molecule has 7 nitrogen and oxygen atoms in total. The maximum absolute atomic E-state index is 13.1. The van der Waals surface area contributed by atoms with Gasteiger partial charge in [0.2, 0.25) is 11.8 Å². The van der Waals surface area contributed by atoms with Crippen LogP contribution in [0.5, 0.6) is 11.5 Å². The van der Waals surface area contributed by atoms with E-state index >= 15 is 0 Å². The Kier molecular flexibility index (Phi) is 6.72. The summed E-state index contributed by atoms with van der Waals surface area (Å²) in [4.78, 5) is 14.8. The second-order valence-electron chi connectivity index (χ2n) is 6.27. The fourth-order valence-corrected chi connectivity index (χ4v) is 3.11. The number of carbonyl (C=O) groups excluding carboxylic acids is 1. The molecule has 1 heterocycles. The summed E-state index contributed by atoms with van der Waals surface area (Å²) in [5.74, 6) is 1.51. The van der Waals surface area contributed by atoms with Gasteiger partial charge in [0, 0.05) is 12.6 Å². The van der Waals surface area contributed by atoms with Crippen LogP contribution in [0.15, 0.2) is 46.9 Å². The Bertz CT molecular complexity index is 990. The molecule has 1 aromatic heterocycles. The minimum Gasteiger partial charge on any atom is -0.497 e. The van der Waals surface area contributed by atoms with Gasteiger partial charge in [-0.15, -0.1) is 10.2 Å². The summed E-state index contributed by atoms with van der Waals surface area (Å²) in [5.41, 5.74) is 1.09. The van der Waals surface area contributed by atoms with Crippen molar-refractivity contribution >= 4 is 17.5 Å². The van der Waals surface area contributed by atoms with Crippen molar-refractivity contribution in [3.05, 3.63) is 58.9 Å². The standard InChI is InChI=1S/C21H22ClN3O4/c1-4-11-25(21(26)16-10-9-14(27-2)12-18(16)28-3)13-19-23-24-20(29-19)15-7-5-6-8-17(15)22/h5-10,12H,4,11,13H2,1-3H3. The largest absolute Gasteiger partial charge is 0.497 e. The summed E-state index contributed by atoms with van der Waals surface area (Å²) in [6.07, 6.45) is 0.774. The smallest absolute Gasteiger partial charge is 0.258 e. The van der Waals surface area contributed by atoms with Crippen molar-refractivity contribution in [3.8, 4) is 23.0 Å². The molecule has 3 aromatic rings. The molecule has 2 aromatic carbocycles. The molecule has 0 saturated heterocycles. The van der Waals surface area contributed by atoms with E-state index in [9.17, 15) is 4.79 Å². The Morgan fingerprint density at radius 2 is 1.93 bits per heavy atom. The van der Waals surface area contributed by atoms with E-state index in [1.807, 2.05) is 19.1 Å². The first kappa shape index (κ1) is 20.7. The summed E-state index contributed by atoms with van der Waals surface area (Å²) in [5, 5.41) is 8.67. The molecule has 0 spiro atoms. The molecular weight excluding hydrogens is 394 g/mol. The fraction of sp³-hybridized carbons (Fsp3) is 0.286. The number of carbonyl (C=O) groups is 1. The molecule has 0 unspecified atom stereocenters. The van der Waals surface area contributed by atoms with E-state index in [1.54, 1.807) is 42.3 Å². The van der Waals surface area contributed by atoms with Crippen LogP contribution in [0.3, 0.4) is 0 Å². The van der Waals surface area contributed by atoms with Crippen LogP contribution in [0.4, 0.5) is 0 Å². The summed E-state index contributed by atoms with van der Waals surface area (Å²) in [7, 11) is 3.08. The molecule has 8 heteroatoms.